The van der Waals surface area contributed by atoms with Crippen molar-refractivity contribution >= 4 is 32.9 Å². The second-order valence-corrected chi connectivity index (χ2v) is 4.81. The molecule has 1 amide bonds. The summed E-state index contributed by atoms with van der Waals surface area (Å²) in [6.07, 6.45) is 1.74. The Morgan fingerprint density at radius 2 is 2.44 bits per heavy atom. The first-order valence-corrected chi connectivity index (χ1v) is 5.91. The van der Waals surface area contributed by atoms with E-state index >= 15 is 0 Å². The van der Waals surface area contributed by atoms with E-state index in [9.17, 15) is 4.79 Å². The zero-order chi connectivity index (χ0) is 11.3. The summed E-state index contributed by atoms with van der Waals surface area (Å²) in [5.74, 6) is -0.0383. The second kappa shape index (κ2) is 3.31. The normalized spacial score (nSPS) is 19.6. The summed E-state index contributed by atoms with van der Waals surface area (Å²) in [4.78, 5) is 16.2. The van der Waals surface area contributed by atoms with E-state index in [1.807, 2.05) is 23.6 Å². The van der Waals surface area contributed by atoms with Gasteiger partial charge in [0.05, 0.1) is 9.99 Å². The van der Waals surface area contributed by atoms with Crippen LogP contribution >= 0.6 is 15.9 Å². The summed E-state index contributed by atoms with van der Waals surface area (Å²) < 4.78 is 2.81. The lowest BCUT2D eigenvalue weighted by molar-refractivity contribution is 0.0906. The molecule has 0 unspecified atom stereocenters. The maximum atomic E-state index is 11.9. The number of hydrogen-bond donors (Lipinski definition) is 1. The molecule has 0 aliphatic carbocycles. The Hall–Kier alpha value is -1.36. The monoisotopic (exact) mass is 279 g/mol. The van der Waals surface area contributed by atoms with Gasteiger partial charge in [-0.25, -0.2) is 0 Å². The Morgan fingerprint density at radius 1 is 1.62 bits per heavy atom. The van der Waals surface area contributed by atoms with Gasteiger partial charge in [0.2, 0.25) is 0 Å². The lowest BCUT2D eigenvalue weighted by Gasteiger charge is -2.23. The maximum absolute atomic E-state index is 11.9. The Balaban J connectivity index is 2.39. The van der Waals surface area contributed by atoms with Crippen LogP contribution in [-0.4, -0.2) is 21.5 Å². The number of aromatic nitrogens is 2. The topological polar surface area (TPSA) is 46.9 Å². The van der Waals surface area contributed by atoms with E-state index in [-0.39, 0.29) is 11.9 Å². The molecular formula is C11H10BrN3O. The van der Waals surface area contributed by atoms with Crippen LogP contribution in [-0.2, 0) is 6.54 Å². The maximum Gasteiger partial charge on any atom is 0.269 e. The molecule has 0 spiro atoms. The predicted octanol–water partition coefficient (Wildman–Crippen LogP) is 1.93. The third kappa shape index (κ3) is 1.21. The average molecular weight is 280 g/mol. The first kappa shape index (κ1) is 9.84. The molecule has 2 aromatic rings. The summed E-state index contributed by atoms with van der Waals surface area (Å²) in [6, 6.07) is 4.03. The lowest BCUT2D eigenvalue weighted by Crippen LogP contribution is -2.42. The molecular weight excluding hydrogens is 270 g/mol. The molecule has 1 aliphatic heterocycles. The highest BCUT2D eigenvalue weighted by Crippen LogP contribution is 2.31. The molecule has 1 atom stereocenters. The van der Waals surface area contributed by atoms with Gasteiger partial charge in [-0.2, -0.15) is 0 Å². The van der Waals surface area contributed by atoms with Crippen molar-refractivity contribution in [3.05, 3.63) is 28.5 Å². The number of nitrogens with one attached hydrogen (secondary N) is 1. The van der Waals surface area contributed by atoms with Crippen molar-refractivity contribution in [1.82, 2.24) is 14.9 Å². The van der Waals surface area contributed by atoms with Gasteiger partial charge in [0.25, 0.3) is 5.91 Å². The van der Waals surface area contributed by atoms with Gasteiger partial charge in [-0.1, -0.05) is 0 Å². The van der Waals surface area contributed by atoms with Crippen LogP contribution < -0.4 is 5.32 Å². The molecule has 2 aromatic heterocycles. The number of halogens is 1. The number of amides is 1. The molecule has 3 heterocycles. The summed E-state index contributed by atoms with van der Waals surface area (Å²) in [5.41, 5.74) is 2.53. The first-order chi connectivity index (χ1) is 7.68. The van der Waals surface area contributed by atoms with Crippen molar-refractivity contribution in [2.45, 2.75) is 19.5 Å². The number of nitrogens with zero attached hydrogens (tertiary/aromatic N) is 2. The number of fused-ring (bicyclic) bond motifs is 3. The summed E-state index contributed by atoms with van der Waals surface area (Å²) in [7, 11) is 0. The van der Waals surface area contributed by atoms with Gasteiger partial charge >= 0.3 is 0 Å². The molecule has 0 saturated heterocycles. The molecule has 1 aliphatic rings. The fraction of sp³-hybridized carbons (Fsp3) is 0.273. The number of pyridine rings is 1. The highest BCUT2D eigenvalue weighted by molar-refractivity contribution is 9.10. The molecule has 1 N–H and O–H groups in total. The van der Waals surface area contributed by atoms with Crippen LogP contribution in [0.1, 0.15) is 17.4 Å². The molecule has 0 aromatic carbocycles. The number of rotatable bonds is 0. The minimum absolute atomic E-state index is 0.0383. The second-order valence-electron chi connectivity index (χ2n) is 4.02. The van der Waals surface area contributed by atoms with Gasteiger partial charge in [0, 0.05) is 18.8 Å². The third-order valence-electron chi connectivity index (χ3n) is 2.81. The van der Waals surface area contributed by atoms with E-state index < -0.39 is 0 Å². The molecule has 5 heteroatoms. The van der Waals surface area contributed by atoms with Gasteiger partial charge in [0.15, 0.2) is 0 Å². The van der Waals surface area contributed by atoms with Crippen molar-refractivity contribution in [2.75, 3.05) is 0 Å². The van der Waals surface area contributed by atoms with Crippen molar-refractivity contribution in [3.8, 4) is 0 Å². The van der Waals surface area contributed by atoms with E-state index in [0.29, 0.717) is 5.69 Å². The van der Waals surface area contributed by atoms with E-state index in [4.69, 9.17) is 0 Å². The Kier molecular flexibility index (Phi) is 2.04. The Morgan fingerprint density at radius 3 is 3.25 bits per heavy atom. The van der Waals surface area contributed by atoms with Crippen molar-refractivity contribution in [1.29, 1.82) is 0 Å². The molecule has 16 heavy (non-hydrogen) atoms. The molecule has 82 valence electrons. The quantitative estimate of drug-likeness (QED) is 0.801. The average Bonchev–Trinajstić information content (AvgIpc) is 2.54. The van der Waals surface area contributed by atoms with Crippen LogP contribution in [0.5, 0.6) is 0 Å². The van der Waals surface area contributed by atoms with Gasteiger partial charge in [-0.05, 0) is 35.0 Å². The van der Waals surface area contributed by atoms with Crippen molar-refractivity contribution in [2.24, 2.45) is 0 Å². The van der Waals surface area contributed by atoms with Crippen molar-refractivity contribution < 1.29 is 4.79 Å². The van der Waals surface area contributed by atoms with Crippen LogP contribution in [0.15, 0.2) is 22.8 Å². The standard InChI is InChI=1S/C11H10BrN3O/c1-6-5-15-7-3-2-4-13-9(7)8(12)10(15)11(16)14-6/h2-4,6H,5H2,1H3,(H,14,16)/t6-/m0/s1. The van der Waals surface area contributed by atoms with E-state index in [1.54, 1.807) is 6.20 Å². The minimum Gasteiger partial charge on any atom is -0.346 e. The van der Waals surface area contributed by atoms with E-state index in [1.165, 1.54) is 0 Å². The van der Waals surface area contributed by atoms with Crippen molar-refractivity contribution in [3.63, 3.8) is 0 Å². The summed E-state index contributed by atoms with van der Waals surface area (Å²) >= 11 is 3.45. The third-order valence-corrected chi connectivity index (χ3v) is 3.56. The smallest absolute Gasteiger partial charge is 0.269 e. The van der Waals surface area contributed by atoms with E-state index in [2.05, 4.69) is 26.2 Å². The molecule has 0 radical (unpaired) electrons. The SMILES string of the molecule is C[C@H]1Cn2c(c(Br)c3ncccc32)C(=O)N1. The molecule has 0 fully saturated rings. The van der Waals surface area contributed by atoms with E-state index in [0.717, 1.165) is 22.1 Å². The molecule has 4 nitrogen and oxygen atoms in total. The van der Waals surface area contributed by atoms with Gasteiger partial charge < -0.3 is 9.88 Å². The summed E-state index contributed by atoms with van der Waals surface area (Å²) in [5, 5.41) is 2.92. The van der Waals surface area contributed by atoms with Gasteiger partial charge in [0.1, 0.15) is 11.2 Å². The van der Waals surface area contributed by atoms with Crippen LogP contribution in [0.2, 0.25) is 0 Å². The lowest BCUT2D eigenvalue weighted by atomic mass is 10.2. The summed E-state index contributed by atoms with van der Waals surface area (Å²) in [6.45, 7) is 2.78. The first-order valence-electron chi connectivity index (χ1n) is 5.12. The number of carbonyl (C=O) groups is 1. The minimum atomic E-state index is -0.0383. The van der Waals surface area contributed by atoms with Gasteiger partial charge in [-0.15, -0.1) is 0 Å². The largest absolute Gasteiger partial charge is 0.346 e. The zero-order valence-corrected chi connectivity index (χ0v) is 10.3. The fourth-order valence-corrected chi connectivity index (χ4v) is 2.86. The Bertz CT molecular complexity index is 590. The van der Waals surface area contributed by atoms with Crippen LogP contribution in [0.3, 0.4) is 0 Å². The predicted molar refractivity (Wildman–Crippen MR) is 64.4 cm³/mol. The highest BCUT2D eigenvalue weighted by Gasteiger charge is 2.27. The molecule has 0 bridgehead atoms. The van der Waals surface area contributed by atoms with Crippen LogP contribution in [0.25, 0.3) is 11.0 Å². The molecule has 3 rings (SSSR count). The molecule has 0 saturated carbocycles. The fourth-order valence-electron chi connectivity index (χ4n) is 2.16. The number of carbonyl (C=O) groups excluding carboxylic acids is 1. The van der Waals surface area contributed by atoms with Gasteiger partial charge in [-0.3, -0.25) is 9.78 Å². The number of hydrogen-bond acceptors (Lipinski definition) is 2. The highest BCUT2D eigenvalue weighted by atomic mass is 79.9. The Labute approximate surface area is 101 Å². The zero-order valence-electron chi connectivity index (χ0n) is 8.70. The van der Waals surface area contributed by atoms with Crippen LogP contribution in [0.4, 0.5) is 0 Å². The van der Waals surface area contributed by atoms with Crippen LogP contribution in [0, 0.1) is 0 Å².